The third kappa shape index (κ3) is 4.11. The van der Waals surface area contributed by atoms with Gasteiger partial charge in [0.1, 0.15) is 16.1 Å². The third-order valence-corrected chi connectivity index (χ3v) is 4.58. The topological polar surface area (TPSA) is 114 Å². The zero-order valence-electron chi connectivity index (χ0n) is 16.7. The fourth-order valence-corrected chi connectivity index (χ4v) is 3.26. The number of carbonyl (C=O) groups excluding carboxylic acids is 2. The average molecular weight is 494 g/mol. The molecule has 4 rings (SSSR count). The highest BCUT2D eigenvalue weighted by Gasteiger charge is 2.50. The first-order valence-corrected chi connectivity index (χ1v) is 9.45. The van der Waals surface area contributed by atoms with Crippen LogP contribution >= 0.6 is 11.6 Å². The zero-order chi connectivity index (χ0) is 24.7. The van der Waals surface area contributed by atoms with Gasteiger partial charge in [-0.05, 0) is 19.9 Å². The van der Waals surface area contributed by atoms with Crippen LogP contribution in [0.3, 0.4) is 0 Å². The molecule has 2 aliphatic rings. The molecule has 0 atom stereocenters. The molecule has 0 aliphatic carbocycles. The Labute approximate surface area is 186 Å². The lowest BCUT2D eigenvalue weighted by Crippen LogP contribution is -2.23. The number of halogens is 5. The van der Waals surface area contributed by atoms with E-state index in [0.29, 0.717) is 0 Å². The molecule has 0 N–H and O–H groups in total. The van der Waals surface area contributed by atoms with E-state index >= 15 is 0 Å². The third-order valence-electron chi connectivity index (χ3n) is 4.24. The van der Waals surface area contributed by atoms with Crippen molar-refractivity contribution in [2.45, 2.75) is 20.0 Å². The number of nitrogens with zero attached hydrogens (tertiary/aromatic N) is 1. The number of carbonyl (C=O) groups is 2. The van der Waals surface area contributed by atoms with Gasteiger partial charge >= 0.3 is 17.9 Å². The molecular weight excluding hydrogens is 482 g/mol. The maximum Gasteiger partial charge on any atom is 0.423 e. The van der Waals surface area contributed by atoms with E-state index in [0.717, 1.165) is 12.1 Å². The first-order chi connectivity index (χ1) is 15.4. The molecule has 0 amide bonds. The van der Waals surface area contributed by atoms with E-state index in [1.807, 2.05) is 0 Å². The van der Waals surface area contributed by atoms with Crippen LogP contribution in [0.1, 0.15) is 29.8 Å². The van der Waals surface area contributed by atoms with Gasteiger partial charge in [-0.2, -0.15) is 17.6 Å². The Kier molecular flexibility index (Phi) is 6.36. The summed E-state index contributed by atoms with van der Waals surface area (Å²) in [7, 11) is 0. The van der Waals surface area contributed by atoms with Crippen molar-refractivity contribution in [2.24, 2.45) is 0 Å². The van der Waals surface area contributed by atoms with E-state index in [4.69, 9.17) is 30.5 Å². The van der Waals surface area contributed by atoms with Gasteiger partial charge in [0, 0.05) is 6.07 Å². The second-order valence-corrected chi connectivity index (χ2v) is 6.60. The SMILES string of the molecule is CCOc1c(Oc2c(Cl)c3c(C(F)(F)F)c(c2C(=O)C(=O)F)O3)ccc([N+](=O)[O-])c1OCC. The first-order valence-electron chi connectivity index (χ1n) is 9.07. The minimum absolute atomic E-state index is 0.0341. The second-order valence-electron chi connectivity index (χ2n) is 6.22. The van der Waals surface area contributed by atoms with Crippen molar-refractivity contribution in [1.82, 2.24) is 0 Å². The van der Waals surface area contributed by atoms with Crippen molar-refractivity contribution in [3.8, 4) is 34.5 Å². The molecule has 0 aromatic heterocycles. The molecule has 33 heavy (non-hydrogen) atoms. The van der Waals surface area contributed by atoms with Crippen LogP contribution in [-0.2, 0) is 11.0 Å². The maximum absolute atomic E-state index is 13.3. The fourth-order valence-electron chi connectivity index (χ4n) is 3.00. The molecule has 2 aliphatic heterocycles. The smallest absolute Gasteiger partial charge is 0.423 e. The number of nitro groups is 1. The second kappa shape index (κ2) is 8.73. The molecule has 2 heterocycles. The number of benzene rings is 2. The summed E-state index contributed by atoms with van der Waals surface area (Å²) in [5, 5.41) is 10.5. The molecular formula is C19H12ClF4NO8. The van der Waals surface area contributed by atoms with Crippen LogP contribution in [0, 0.1) is 10.1 Å². The van der Waals surface area contributed by atoms with Crippen molar-refractivity contribution in [3.05, 3.63) is 38.4 Å². The maximum atomic E-state index is 13.3. The predicted octanol–water partition coefficient (Wildman–Crippen LogP) is 5.64. The van der Waals surface area contributed by atoms with E-state index < -0.39 is 62.0 Å². The fraction of sp³-hybridized carbons (Fsp3) is 0.263. The van der Waals surface area contributed by atoms with Crippen molar-refractivity contribution < 1.29 is 51.0 Å². The lowest BCUT2D eigenvalue weighted by molar-refractivity contribution is -0.386. The summed E-state index contributed by atoms with van der Waals surface area (Å²) in [6.07, 6.45) is -5.04. The zero-order valence-corrected chi connectivity index (χ0v) is 17.4. The lowest BCUT2D eigenvalue weighted by atomic mass is 9.98. The highest BCUT2D eigenvalue weighted by molar-refractivity contribution is 6.44. The predicted molar refractivity (Wildman–Crippen MR) is 102 cm³/mol. The van der Waals surface area contributed by atoms with Crippen molar-refractivity contribution in [2.75, 3.05) is 13.2 Å². The summed E-state index contributed by atoms with van der Waals surface area (Å²) in [4.78, 5) is 33.7. The number of alkyl halides is 3. The van der Waals surface area contributed by atoms with Crippen LogP contribution in [-0.4, -0.2) is 30.0 Å². The Morgan fingerprint density at radius 1 is 1.09 bits per heavy atom. The average Bonchev–Trinajstić information content (AvgIpc) is 2.68. The molecule has 0 saturated heterocycles. The quantitative estimate of drug-likeness (QED) is 0.0939. The summed E-state index contributed by atoms with van der Waals surface area (Å²) in [6.45, 7) is 2.96. The summed E-state index contributed by atoms with van der Waals surface area (Å²) in [5.74, 6) is -5.93. The largest absolute Gasteiger partial charge is 0.487 e. The minimum Gasteiger partial charge on any atom is -0.487 e. The molecule has 0 fully saturated rings. The number of hydrogen-bond acceptors (Lipinski definition) is 8. The van der Waals surface area contributed by atoms with Crippen LogP contribution in [0.4, 0.5) is 23.2 Å². The number of ether oxygens (including phenoxy) is 4. The number of hydrogen-bond donors (Lipinski definition) is 0. The van der Waals surface area contributed by atoms with E-state index in [-0.39, 0.29) is 30.5 Å². The van der Waals surface area contributed by atoms with Gasteiger partial charge in [0.05, 0.1) is 18.1 Å². The van der Waals surface area contributed by atoms with E-state index in [1.165, 1.54) is 13.8 Å². The number of nitro benzene ring substituents is 1. The van der Waals surface area contributed by atoms with Crippen molar-refractivity contribution in [3.63, 3.8) is 0 Å². The van der Waals surface area contributed by atoms with Gasteiger partial charge in [-0.15, -0.1) is 0 Å². The first kappa shape index (κ1) is 24.0. The molecule has 0 unspecified atom stereocenters. The molecule has 176 valence electrons. The number of rotatable bonds is 9. The summed E-state index contributed by atoms with van der Waals surface area (Å²) in [6, 6.07) is -0.632. The van der Waals surface area contributed by atoms with Crippen LogP contribution in [0.15, 0.2) is 12.1 Å². The van der Waals surface area contributed by atoms with Gasteiger partial charge < -0.3 is 18.9 Å². The molecule has 9 nitrogen and oxygen atoms in total. The minimum atomic E-state index is -5.04. The molecule has 2 aromatic rings. The van der Waals surface area contributed by atoms with E-state index in [1.54, 1.807) is 0 Å². The number of fused-ring (bicyclic) bond motifs is 2. The van der Waals surface area contributed by atoms with Gasteiger partial charge in [0.2, 0.25) is 11.5 Å². The Morgan fingerprint density at radius 3 is 2.21 bits per heavy atom. The van der Waals surface area contributed by atoms with Gasteiger partial charge in [0.15, 0.2) is 23.0 Å². The standard InChI is InChI=1S/C19H12ClF4NO8/c1-3-30-13-7(25(28)29)5-6-8(14(13)31-4-2)32-16-9(12(26)18(21)27)15-10(19(22,23)24)17(33-15)11(16)20/h5-6H,3-4H2,1-2H3. The Morgan fingerprint density at radius 2 is 1.70 bits per heavy atom. The van der Waals surface area contributed by atoms with Gasteiger partial charge in [-0.1, -0.05) is 11.6 Å². The van der Waals surface area contributed by atoms with Gasteiger partial charge in [0.25, 0.3) is 5.78 Å². The summed E-state index contributed by atoms with van der Waals surface area (Å²) >= 11 is 5.95. The van der Waals surface area contributed by atoms with Crippen LogP contribution < -0.4 is 18.9 Å². The highest BCUT2D eigenvalue weighted by atomic mass is 35.5. The molecule has 0 radical (unpaired) electrons. The number of Topliss-reactive ketones (excluding diaryl/α,β-unsaturated/α-hetero) is 1. The van der Waals surface area contributed by atoms with Gasteiger partial charge in [-0.25, -0.2) is 0 Å². The Bertz CT molecular complexity index is 1180. The van der Waals surface area contributed by atoms with Crippen LogP contribution in [0.5, 0.6) is 34.5 Å². The normalized spacial score (nSPS) is 11.8. The molecule has 0 spiro atoms. The van der Waals surface area contributed by atoms with Crippen LogP contribution in [0.25, 0.3) is 0 Å². The molecule has 0 saturated carbocycles. The molecule has 2 aromatic carbocycles. The number of ketones is 1. The van der Waals surface area contributed by atoms with E-state index in [9.17, 15) is 37.3 Å². The van der Waals surface area contributed by atoms with Crippen molar-refractivity contribution in [1.29, 1.82) is 0 Å². The Hall–Kier alpha value is -3.61. The van der Waals surface area contributed by atoms with Crippen LogP contribution in [0.2, 0.25) is 5.02 Å². The van der Waals surface area contributed by atoms with Crippen molar-refractivity contribution >= 4 is 29.1 Å². The highest BCUT2D eigenvalue weighted by Crippen LogP contribution is 2.62. The lowest BCUT2D eigenvalue weighted by Gasteiger charge is -2.30. The molecule has 14 heteroatoms. The Balaban J connectivity index is 2.25. The van der Waals surface area contributed by atoms with E-state index in [2.05, 4.69) is 0 Å². The van der Waals surface area contributed by atoms with Gasteiger partial charge in [-0.3, -0.25) is 19.7 Å². The molecule has 2 bridgehead atoms. The monoisotopic (exact) mass is 493 g/mol. The summed E-state index contributed by atoms with van der Waals surface area (Å²) in [5.41, 5.74) is -3.18. The summed E-state index contributed by atoms with van der Waals surface area (Å²) < 4.78 is 74.0.